The van der Waals surface area contributed by atoms with Crippen molar-refractivity contribution in [1.82, 2.24) is 14.8 Å². The molecule has 2 heterocycles. The molecule has 0 amide bonds. The number of hydrogen-bond acceptors (Lipinski definition) is 3. The second-order valence-corrected chi connectivity index (χ2v) is 5.72. The summed E-state index contributed by atoms with van der Waals surface area (Å²) in [6.45, 7) is 6.55. The predicted molar refractivity (Wildman–Crippen MR) is 84.2 cm³/mol. The van der Waals surface area contributed by atoms with E-state index in [2.05, 4.69) is 39.0 Å². The summed E-state index contributed by atoms with van der Waals surface area (Å²) in [6.07, 6.45) is 1.85. The molecule has 0 radical (unpaired) electrons. The third kappa shape index (κ3) is 3.29. The average molecular weight is 290 g/mol. The number of nitrogens with zero attached hydrogens (tertiary/aromatic N) is 3. The highest BCUT2D eigenvalue weighted by Gasteiger charge is 2.16. The molecule has 3 nitrogen and oxygen atoms in total. The summed E-state index contributed by atoms with van der Waals surface area (Å²) in [6, 6.07) is 10.7. The van der Waals surface area contributed by atoms with Crippen molar-refractivity contribution in [3.8, 4) is 0 Å². The third-order valence-corrected chi connectivity index (χ3v) is 4.11. The fourth-order valence-corrected chi connectivity index (χ4v) is 3.01. The van der Waals surface area contributed by atoms with E-state index in [1.54, 1.807) is 0 Å². The molecule has 1 saturated heterocycles. The fraction of sp³-hybridized carbons (Fsp3) is 0.438. The maximum absolute atomic E-state index is 5.80. The second-order valence-electron chi connectivity index (χ2n) is 5.34. The predicted octanol–water partition coefficient (Wildman–Crippen LogP) is 2.59. The molecule has 0 bridgehead atoms. The van der Waals surface area contributed by atoms with E-state index in [-0.39, 0.29) is 0 Å². The lowest BCUT2D eigenvalue weighted by atomic mass is 10.1. The number of alkyl halides is 1. The van der Waals surface area contributed by atoms with Gasteiger partial charge in [0.05, 0.1) is 5.52 Å². The highest BCUT2D eigenvalue weighted by molar-refractivity contribution is 6.18. The summed E-state index contributed by atoms with van der Waals surface area (Å²) in [5.41, 5.74) is 2.44. The van der Waals surface area contributed by atoms with E-state index < -0.39 is 0 Å². The van der Waals surface area contributed by atoms with Crippen LogP contribution in [0.15, 0.2) is 36.5 Å². The first-order valence-electron chi connectivity index (χ1n) is 7.19. The van der Waals surface area contributed by atoms with Crippen LogP contribution in [0.2, 0.25) is 0 Å². The lowest BCUT2D eigenvalue weighted by Gasteiger charge is -2.34. The van der Waals surface area contributed by atoms with E-state index in [0.717, 1.165) is 50.7 Å². The van der Waals surface area contributed by atoms with Crippen LogP contribution < -0.4 is 0 Å². The number of pyridine rings is 1. The van der Waals surface area contributed by atoms with E-state index in [9.17, 15) is 0 Å². The van der Waals surface area contributed by atoms with Gasteiger partial charge in [0.15, 0.2) is 0 Å². The Morgan fingerprint density at radius 1 is 1.05 bits per heavy atom. The van der Waals surface area contributed by atoms with Crippen molar-refractivity contribution in [3.63, 3.8) is 0 Å². The first kappa shape index (κ1) is 13.8. The molecule has 1 fully saturated rings. The van der Waals surface area contributed by atoms with Crippen LogP contribution in [0.25, 0.3) is 10.9 Å². The summed E-state index contributed by atoms with van der Waals surface area (Å²) in [7, 11) is 0. The van der Waals surface area contributed by atoms with E-state index in [1.807, 2.05) is 12.3 Å². The maximum Gasteiger partial charge on any atom is 0.0702 e. The molecule has 1 aromatic carbocycles. The van der Waals surface area contributed by atoms with Gasteiger partial charge in [0.25, 0.3) is 0 Å². The van der Waals surface area contributed by atoms with Gasteiger partial charge in [-0.05, 0) is 23.8 Å². The number of rotatable bonds is 4. The van der Waals surface area contributed by atoms with Crippen LogP contribution >= 0.6 is 11.6 Å². The quantitative estimate of drug-likeness (QED) is 0.807. The van der Waals surface area contributed by atoms with Gasteiger partial charge in [-0.25, -0.2) is 0 Å². The van der Waals surface area contributed by atoms with Crippen LogP contribution in [0.4, 0.5) is 0 Å². The van der Waals surface area contributed by atoms with E-state index >= 15 is 0 Å². The summed E-state index contributed by atoms with van der Waals surface area (Å²) in [5, 5.41) is 1.23. The van der Waals surface area contributed by atoms with Crippen molar-refractivity contribution in [2.75, 3.05) is 38.6 Å². The molecule has 1 aliphatic heterocycles. The van der Waals surface area contributed by atoms with E-state index in [0.29, 0.717) is 0 Å². The number of halogens is 1. The van der Waals surface area contributed by atoms with Crippen LogP contribution in [0.5, 0.6) is 0 Å². The largest absolute Gasteiger partial charge is 0.300 e. The van der Waals surface area contributed by atoms with Gasteiger partial charge in [-0.3, -0.25) is 14.8 Å². The molecule has 1 aromatic heterocycles. The minimum Gasteiger partial charge on any atom is -0.300 e. The molecule has 4 heteroatoms. The molecule has 0 unspecified atom stereocenters. The topological polar surface area (TPSA) is 19.4 Å². The van der Waals surface area contributed by atoms with Crippen molar-refractivity contribution < 1.29 is 0 Å². The molecule has 0 N–H and O–H groups in total. The number of hydrogen-bond donors (Lipinski definition) is 0. The first-order chi connectivity index (χ1) is 9.85. The smallest absolute Gasteiger partial charge is 0.0702 e. The molecule has 1 aliphatic rings. The van der Waals surface area contributed by atoms with Gasteiger partial charge < -0.3 is 0 Å². The Morgan fingerprint density at radius 3 is 2.65 bits per heavy atom. The minimum absolute atomic E-state index is 0.734. The Hall–Kier alpha value is -1.16. The molecular weight excluding hydrogens is 270 g/mol. The highest BCUT2D eigenvalue weighted by Crippen LogP contribution is 2.15. The Morgan fingerprint density at radius 2 is 1.85 bits per heavy atom. The maximum atomic E-state index is 5.80. The Labute approximate surface area is 125 Å². The van der Waals surface area contributed by atoms with Crippen LogP contribution in [0, 0.1) is 0 Å². The van der Waals surface area contributed by atoms with Gasteiger partial charge in [-0.2, -0.15) is 0 Å². The Bertz CT molecular complexity index is 564. The lowest BCUT2D eigenvalue weighted by Crippen LogP contribution is -2.46. The van der Waals surface area contributed by atoms with Crippen molar-refractivity contribution >= 4 is 22.5 Å². The molecule has 0 saturated carbocycles. The van der Waals surface area contributed by atoms with Gasteiger partial charge >= 0.3 is 0 Å². The molecular formula is C16H20ClN3. The van der Waals surface area contributed by atoms with Gasteiger partial charge in [-0.1, -0.05) is 12.1 Å². The summed E-state index contributed by atoms with van der Waals surface area (Å²) < 4.78 is 0. The zero-order valence-corrected chi connectivity index (χ0v) is 12.4. The number of benzene rings is 1. The zero-order chi connectivity index (χ0) is 13.8. The summed E-state index contributed by atoms with van der Waals surface area (Å²) in [4.78, 5) is 9.32. The number of aromatic nitrogens is 1. The van der Waals surface area contributed by atoms with Crippen LogP contribution in [0.1, 0.15) is 5.56 Å². The Balaban J connectivity index is 1.62. The van der Waals surface area contributed by atoms with Crippen LogP contribution in [-0.2, 0) is 6.54 Å². The summed E-state index contributed by atoms with van der Waals surface area (Å²) >= 11 is 5.80. The first-order valence-corrected chi connectivity index (χ1v) is 7.73. The highest BCUT2D eigenvalue weighted by atomic mass is 35.5. The van der Waals surface area contributed by atoms with E-state index in [4.69, 9.17) is 11.6 Å². The van der Waals surface area contributed by atoms with E-state index in [1.165, 1.54) is 10.9 Å². The van der Waals surface area contributed by atoms with Crippen molar-refractivity contribution in [3.05, 3.63) is 42.1 Å². The number of piperazine rings is 1. The van der Waals surface area contributed by atoms with Gasteiger partial charge in [0, 0.05) is 56.7 Å². The normalized spacial score (nSPS) is 17.6. The molecule has 0 spiro atoms. The second kappa shape index (κ2) is 6.53. The minimum atomic E-state index is 0.734. The van der Waals surface area contributed by atoms with Crippen molar-refractivity contribution in [2.45, 2.75) is 6.54 Å². The molecule has 0 aliphatic carbocycles. The summed E-state index contributed by atoms with van der Waals surface area (Å²) in [5.74, 6) is 0.734. The molecule has 106 valence electrons. The molecule has 20 heavy (non-hydrogen) atoms. The molecule has 0 atom stereocenters. The SMILES string of the molecule is ClCCN1CCN(Cc2ccc3ncccc3c2)CC1. The molecule has 2 aromatic rings. The fourth-order valence-electron chi connectivity index (χ4n) is 2.77. The third-order valence-electron chi connectivity index (χ3n) is 3.94. The number of fused-ring (bicyclic) bond motifs is 1. The monoisotopic (exact) mass is 289 g/mol. The van der Waals surface area contributed by atoms with Crippen LogP contribution in [-0.4, -0.2) is 53.4 Å². The van der Waals surface area contributed by atoms with Gasteiger partial charge in [0.1, 0.15) is 0 Å². The average Bonchev–Trinajstić information content (AvgIpc) is 2.49. The van der Waals surface area contributed by atoms with Crippen molar-refractivity contribution in [1.29, 1.82) is 0 Å². The zero-order valence-electron chi connectivity index (χ0n) is 11.6. The molecule has 3 rings (SSSR count). The Kier molecular flexibility index (Phi) is 4.51. The van der Waals surface area contributed by atoms with Gasteiger partial charge in [-0.15, -0.1) is 11.6 Å². The van der Waals surface area contributed by atoms with Gasteiger partial charge in [0.2, 0.25) is 0 Å². The standard InChI is InChI=1S/C16H20ClN3/c17-5-7-19-8-10-20(11-9-19)13-14-3-4-16-15(12-14)2-1-6-18-16/h1-4,6,12H,5,7-11,13H2. The lowest BCUT2D eigenvalue weighted by molar-refractivity contribution is 0.132. The van der Waals surface area contributed by atoms with Crippen LogP contribution in [0.3, 0.4) is 0 Å². The van der Waals surface area contributed by atoms with Crippen molar-refractivity contribution in [2.24, 2.45) is 0 Å².